The molecule has 1 aromatic carbocycles. The van der Waals surface area contributed by atoms with Crippen molar-refractivity contribution in [1.82, 2.24) is 10.2 Å². The summed E-state index contributed by atoms with van der Waals surface area (Å²) in [6, 6.07) is 8.33. The fourth-order valence-corrected chi connectivity index (χ4v) is 3.85. The Morgan fingerprint density at radius 2 is 1.74 bits per heavy atom. The molecule has 0 radical (unpaired) electrons. The van der Waals surface area contributed by atoms with E-state index < -0.39 is 0 Å². The first-order valence-electron chi connectivity index (χ1n) is 9.42. The van der Waals surface area contributed by atoms with E-state index in [4.69, 9.17) is 0 Å². The summed E-state index contributed by atoms with van der Waals surface area (Å²) < 4.78 is 0. The molecule has 2 aliphatic rings. The van der Waals surface area contributed by atoms with Crippen molar-refractivity contribution in [2.75, 3.05) is 26.2 Å². The minimum absolute atomic E-state index is 0.208. The number of carbonyl (C=O) groups excluding carboxylic acids is 1. The van der Waals surface area contributed by atoms with Gasteiger partial charge in [0.15, 0.2) is 0 Å². The number of hydrogen-bond donors (Lipinski definition) is 1. The number of piperidine rings is 1. The summed E-state index contributed by atoms with van der Waals surface area (Å²) >= 11 is 0. The van der Waals surface area contributed by atoms with Crippen LogP contribution in [0.1, 0.15) is 60.9 Å². The van der Waals surface area contributed by atoms with Gasteiger partial charge in [0.05, 0.1) is 0 Å². The normalized spacial score (nSPS) is 19.2. The quantitative estimate of drug-likeness (QED) is 0.813. The van der Waals surface area contributed by atoms with Gasteiger partial charge in [-0.3, -0.25) is 4.79 Å². The minimum atomic E-state index is 0.208. The predicted molar refractivity (Wildman–Crippen MR) is 94.7 cm³/mol. The van der Waals surface area contributed by atoms with Gasteiger partial charge < -0.3 is 10.2 Å². The Morgan fingerprint density at radius 1 is 1.04 bits per heavy atom. The number of rotatable bonds is 6. The van der Waals surface area contributed by atoms with Crippen molar-refractivity contribution < 1.29 is 4.79 Å². The molecule has 2 saturated heterocycles. The fraction of sp³-hybridized carbons (Fsp3) is 0.650. The summed E-state index contributed by atoms with van der Waals surface area (Å²) in [6.45, 7) is 4.27. The Labute approximate surface area is 140 Å². The molecule has 126 valence electrons. The second kappa shape index (κ2) is 8.49. The lowest BCUT2D eigenvalue weighted by Crippen LogP contribution is -2.27. The minimum Gasteiger partial charge on any atom is -0.339 e. The van der Waals surface area contributed by atoms with Crippen LogP contribution in [-0.4, -0.2) is 37.0 Å². The van der Waals surface area contributed by atoms with Gasteiger partial charge in [-0.2, -0.15) is 0 Å². The molecule has 0 saturated carbocycles. The third kappa shape index (κ3) is 4.81. The monoisotopic (exact) mass is 314 g/mol. The Bertz CT molecular complexity index is 485. The Balaban J connectivity index is 1.39. The van der Waals surface area contributed by atoms with Crippen LogP contribution < -0.4 is 5.32 Å². The van der Waals surface area contributed by atoms with Crippen LogP contribution in [0.5, 0.6) is 0 Å². The second-order valence-corrected chi connectivity index (χ2v) is 7.14. The van der Waals surface area contributed by atoms with Crippen LogP contribution in [-0.2, 0) is 6.42 Å². The highest BCUT2D eigenvalue weighted by molar-refractivity contribution is 5.94. The van der Waals surface area contributed by atoms with Gasteiger partial charge >= 0.3 is 0 Å². The first-order chi connectivity index (χ1) is 11.3. The summed E-state index contributed by atoms with van der Waals surface area (Å²) in [7, 11) is 0. The Morgan fingerprint density at radius 3 is 2.43 bits per heavy atom. The molecule has 0 atom stereocenters. The molecule has 23 heavy (non-hydrogen) atoms. The SMILES string of the molecule is O=C(c1ccc(CCCCC2CCNCC2)cc1)N1CCCC1. The Kier molecular flexibility index (Phi) is 6.09. The van der Waals surface area contributed by atoms with Gasteiger partial charge in [-0.15, -0.1) is 0 Å². The van der Waals surface area contributed by atoms with Crippen molar-refractivity contribution in [1.29, 1.82) is 0 Å². The number of unbranched alkanes of at least 4 members (excludes halogenated alkanes) is 1. The Hall–Kier alpha value is -1.35. The van der Waals surface area contributed by atoms with E-state index in [1.54, 1.807) is 0 Å². The number of amides is 1. The molecule has 0 bridgehead atoms. The van der Waals surface area contributed by atoms with Crippen LogP contribution in [0.2, 0.25) is 0 Å². The molecule has 2 heterocycles. The number of likely N-dealkylation sites (tertiary alicyclic amines) is 1. The van der Waals surface area contributed by atoms with Crippen molar-refractivity contribution in [2.24, 2.45) is 5.92 Å². The molecule has 3 heteroatoms. The van der Waals surface area contributed by atoms with Crippen LogP contribution in [0.3, 0.4) is 0 Å². The number of carbonyl (C=O) groups is 1. The van der Waals surface area contributed by atoms with E-state index in [0.29, 0.717) is 0 Å². The highest BCUT2D eigenvalue weighted by atomic mass is 16.2. The van der Waals surface area contributed by atoms with Crippen molar-refractivity contribution in [3.63, 3.8) is 0 Å². The van der Waals surface area contributed by atoms with E-state index >= 15 is 0 Å². The molecule has 0 spiro atoms. The highest BCUT2D eigenvalue weighted by Gasteiger charge is 2.19. The lowest BCUT2D eigenvalue weighted by Gasteiger charge is -2.22. The molecule has 1 amide bonds. The van der Waals surface area contributed by atoms with E-state index in [1.165, 1.54) is 50.8 Å². The van der Waals surface area contributed by atoms with Gasteiger partial charge in [0.2, 0.25) is 0 Å². The fourth-order valence-electron chi connectivity index (χ4n) is 3.85. The molecule has 0 aromatic heterocycles. The van der Waals surface area contributed by atoms with E-state index in [0.717, 1.165) is 43.8 Å². The summed E-state index contributed by atoms with van der Waals surface area (Å²) in [4.78, 5) is 14.3. The molecule has 1 N–H and O–H groups in total. The molecule has 0 unspecified atom stereocenters. The van der Waals surface area contributed by atoms with Crippen molar-refractivity contribution >= 4 is 5.91 Å². The number of hydrogen-bond acceptors (Lipinski definition) is 2. The number of aryl methyl sites for hydroxylation is 1. The van der Waals surface area contributed by atoms with Crippen LogP contribution in [0.15, 0.2) is 24.3 Å². The van der Waals surface area contributed by atoms with Gasteiger partial charge in [-0.25, -0.2) is 0 Å². The van der Waals surface area contributed by atoms with Crippen molar-refractivity contribution in [2.45, 2.75) is 51.4 Å². The van der Waals surface area contributed by atoms with Gasteiger partial charge in [0.25, 0.3) is 5.91 Å². The van der Waals surface area contributed by atoms with Crippen molar-refractivity contribution in [3.05, 3.63) is 35.4 Å². The molecule has 2 aliphatic heterocycles. The number of benzene rings is 1. The largest absolute Gasteiger partial charge is 0.339 e. The van der Waals surface area contributed by atoms with E-state index in [2.05, 4.69) is 17.4 Å². The van der Waals surface area contributed by atoms with Gasteiger partial charge in [0.1, 0.15) is 0 Å². The summed E-state index contributed by atoms with van der Waals surface area (Å²) in [5.41, 5.74) is 2.22. The topological polar surface area (TPSA) is 32.3 Å². The standard InChI is InChI=1S/C20H30N2O/c23-20(22-15-3-4-16-22)19-9-7-17(8-10-19)5-1-2-6-18-11-13-21-14-12-18/h7-10,18,21H,1-6,11-16H2. The van der Waals surface area contributed by atoms with Crippen LogP contribution in [0.4, 0.5) is 0 Å². The lowest BCUT2D eigenvalue weighted by molar-refractivity contribution is 0.0793. The highest BCUT2D eigenvalue weighted by Crippen LogP contribution is 2.20. The molecular weight excluding hydrogens is 284 g/mol. The van der Waals surface area contributed by atoms with E-state index in [1.807, 2.05) is 17.0 Å². The molecule has 3 rings (SSSR count). The zero-order chi connectivity index (χ0) is 15.9. The maximum absolute atomic E-state index is 12.3. The zero-order valence-corrected chi connectivity index (χ0v) is 14.2. The molecular formula is C20H30N2O. The average Bonchev–Trinajstić information content (AvgIpc) is 3.14. The first kappa shape index (κ1) is 16.5. The summed E-state index contributed by atoms with van der Waals surface area (Å²) in [5, 5.41) is 3.43. The summed E-state index contributed by atoms with van der Waals surface area (Å²) in [6.07, 6.45) is 10.1. The van der Waals surface area contributed by atoms with Crippen LogP contribution in [0.25, 0.3) is 0 Å². The van der Waals surface area contributed by atoms with Crippen LogP contribution >= 0.6 is 0 Å². The molecule has 0 aliphatic carbocycles. The first-order valence-corrected chi connectivity index (χ1v) is 9.42. The molecule has 3 nitrogen and oxygen atoms in total. The van der Waals surface area contributed by atoms with Gasteiger partial charge in [-0.05, 0) is 75.2 Å². The van der Waals surface area contributed by atoms with Gasteiger partial charge in [-0.1, -0.05) is 25.0 Å². The average molecular weight is 314 g/mol. The van der Waals surface area contributed by atoms with Gasteiger partial charge in [0, 0.05) is 18.7 Å². The maximum Gasteiger partial charge on any atom is 0.253 e. The lowest BCUT2D eigenvalue weighted by atomic mass is 9.92. The zero-order valence-electron chi connectivity index (χ0n) is 14.2. The summed E-state index contributed by atoms with van der Waals surface area (Å²) in [5.74, 6) is 1.15. The number of nitrogens with zero attached hydrogens (tertiary/aromatic N) is 1. The second-order valence-electron chi connectivity index (χ2n) is 7.14. The maximum atomic E-state index is 12.3. The molecule has 2 fully saturated rings. The molecule has 1 aromatic rings. The van der Waals surface area contributed by atoms with Crippen LogP contribution in [0, 0.1) is 5.92 Å². The number of nitrogens with one attached hydrogen (secondary N) is 1. The predicted octanol–water partition coefficient (Wildman–Crippen LogP) is 3.64. The van der Waals surface area contributed by atoms with E-state index in [9.17, 15) is 4.79 Å². The third-order valence-corrected chi connectivity index (χ3v) is 5.38. The smallest absolute Gasteiger partial charge is 0.253 e. The third-order valence-electron chi connectivity index (χ3n) is 5.38. The van der Waals surface area contributed by atoms with Crippen molar-refractivity contribution in [3.8, 4) is 0 Å². The van der Waals surface area contributed by atoms with E-state index in [-0.39, 0.29) is 5.91 Å².